The summed E-state index contributed by atoms with van der Waals surface area (Å²) < 4.78 is 26.9. The van der Waals surface area contributed by atoms with Gasteiger partial charge < -0.3 is 0 Å². The fraction of sp³-hybridized carbons (Fsp3) is 0.404. The molecule has 56 heavy (non-hydrogen) atoms. The third-order valence-electron chi connectivity index (χ3n) is 13.2. The van der Waals surface area contributed by atoms with Crippen molar-refractivity contribution >= 4 is 43.8 Å². The van der Waals surface area contributed by atoms with Gasteiger partial charge >= 0.3 is 335 Å². The molecule has 6 aliphatic heterocycles. The van der Waals surface area contributed by atoms with Crippen LogP contribution in [0.3, 0.4) is 0 Å². The summed E-state index contributed by atoms with van der Waals surface area (Å²) in [5.74, 6) is 6.71. The number of para-hydroxylation sites is 2. The molecule has 2 spiro atoms. The standard InChI is InChI=1S/C47H58N4O3Si2/c1-43(2,3)48-41(32-23-17-15-18-24-32)49(44(4,5)6)55(48)36-29-21-27-34-39(36)53-40-35(47(34,13)14)28-22-30-37(40)56(54-55,38(55)31-52)50(45(7,8)9)42(51(56)46(10,11)12)33-25-19-16-20-26-33/h15-30H,1-14H3. The summed E-state index contributed by atoms with van der Waals surface area (Å²) in [6.45, 7) is 31.9. The van der Waals surface area contributed by atoms with Crippen LogP contribution in [-0.2, 0) is 14.3 Å². The van der Waals surface area contributed by atoms with E-state index < -0.39 is 43.4 Å². The van der Waals surface area contributed by atoms with Crippen molar-refractivity contribution in [2.75, 3.05) is 0 Å². The van der Waals surface area contributed by atoms with E-state index in [1.54, 1.807) is 0 Å². The molecule has 0 aromatic heterocycles. The van der Waals surface area contributed by atoms with Gasteiger partial charge in [-0.25, -0.2) is 0 Å². The van der Waals surface area contributed by atoms with E-state index >= 15 is 4.79 Å². The molecule has 1 saturated heterocycles. The van der Waals surface area contributed by atoms with Gasteiger partial charge in [0.15, 0.2) is 0 Å². The van der Waals surface area contributed by atoms with E-state index in [0.29, 0.717) is 0 Å². The third-order valence-corrected chi connectivity index (χ3v) is 30.6. The Hall–Kier alpha value is -4.54. The molecule has 4 aromatic rings. The molecule has 0 unspecified atom stereocenters. The zero-order valence-corrected chi connectivity index (χ0v) is 37.8. The van der Waals surface area contributed by atoms with Gasteiger partial charge in [0, 0.05) is 0 Å². The number of hydrogen-bond acceptors (Lipinski definition) is 5. The number of benzene rings is 4. The van der Waals surface area contributed by atoms with Gasteiger partial charge in [-0.1, -0.05) is 0 Å². The maximum absolute atomic E-state index is 15.4. The predicted octanol–water partition coefficient (Wildman–Crippen LogP) is 7.94. The molecule has 0 N–H and O–H groups in total. The Kier molecular flexibility index (Phi) is 6.82. The van der Waals surface area contributed by atoms with Gasteiger partial charge in [-0.15, -0.1) is 0 Å². The molecule has 0 aliphatic carbocycles. The van der Waals surface area contributed by atoms with Crippen molar-refractivity contribution in [2.24, 2.45) is 0 Å². The average Bonchev–Trinajstić information content (AvgIpc) is 3.05. The number of amidine groups is 2. The molecule has 10 rings (SSSR count). The second kappa shape index (κ2) is 10.3. The molecule has 0 radical (unpaired) electrons. The fourth-order valence-electron chi connectivity index (χ4n) is 12.3. The van der Waals surface area contributed by atoms with Crippen LogP contribution >= 0.6 is 0 Å². The first kappa shape index (κ1) is 37.1. The zero-order valence-electron chi connectivity index (χ0n) is 35.8. The third kappa shape index (κ3) is 3.69. The summed E-state index contributed by atoms with van der Waals surface area (Å²) in [6, 6.07) is 34.5. The van der Waals surface area contributed by atoms with Gasteiger partial charge in [0.25, 0.3) is 0 Å². The predicted molar refractivity (Wildman–Crippen MR) is 230 cm³/mol. The van der Waals surface area contributed by atoms with E-state index in [-0.39, 0.29) is 0 Å². The monoisotopic (exact) mass is 782 g/mol. The van der Waals surface area contributed by atoms with Crippen LogP contribution in [0.4, 0.5) is 0 Å². The molecule has 4 bridgehead atoms. The van der Waals surface area contributed by atoms with Crippen molar-refractivity contribution in [3.63, 3.8) is 0 Å². The van der Waals surface area contributed by atoms with Crippen molar-refractivity contribution in [1.82, 2.24) is 9.13 Å². The molecule has 0 saturated carbocycles. The van der Waals surface area contributed by atoms with E-state index in [0.717, 1.165) is 60.6 Å². The Bertz CT molecular complexity index is 2380. The number of hydrogen-bond donors (Lipinski definition) is 0. The van der Waals surface area contributed by atoms with Crippen molar-refractivity contribution < 1.29 is 22.1 Å². The number of rotatable bonds is 2. The summed E-state index contributed by atoms with van der Waals surface area (Å²) in [6.07, 6.45) is 0. The van der Waals surface area contributed by atoms with Gasteiger partial charge in [0.1, 0.15) is 0 Å². The fourth-order valence-corrected chi connectivity index (χ4v) is 35.7. The van der Waals surface area contributed by atoms with Gasteiger partial charge in [-0.3, -0.25) is 0 Å². The Morgan fingerprint density at radius 1 is 0.554 bits per heavy atom. The number of carbonyl (C=O) groups excluding carboxylic acids is 1. The van der Waals surface area contributed by atoms with Crippen LogP contribution in [0, 0.1) is 0 Å². The van der Waals surface area contributed by atoms with Crippen LogP contribution in [0.15, 0.2) is 102 Å². The Labute approximate surface area is 334 Å². The van der Waals surface area contributed by atoms with Gasteiger partial charge in [-0.2, -0.15) is 0 Å². The van der Waals surface area contributed by atoms with E-state index in [2.05, 4.69) is 218 Å². The van der Waals surface area contributed by atoms with Crippen LogP contribution in [0.5, 0.6) is 11.5 Å². The van der Waals surface area contributed by atoms with Crippen molar-refractivity contribution in [3.8, 4) is 11.5 Å². The first-order chi connectivity index (χ1) is 26.0. The molecular formula is C47H58N4O3Si2. The molecule has 9 heteroatoms. The Morgan fingerprint density at radius 2 is 0.929 bits per heavy atom. The zero-order chi connectivity index (χ0) is 40.5. The first-order valence-corrected chi connectivity index (χ1v) is 24.9. The summed E-state index contributed by atoms with van der Waals surface area (Å²) in [4.78, 5) is 16.1. The molecule has 4 aromatic carbocycles. The SMILES string of the molecule is CC1(C)c2cccc3c2Oc2c1cccc2[Si-]12(O[Si-]34(C1=C=O)N(C(C)(C)C)C(c1ccccc1)=[N+]4C(C)(C)C)N(C(C)(C)C)C(c1ccccc1)=[N+]2C(C)(C)C. The van der Waals surface area contributed by atoms with E-state index in [9.17, 15) is 0 Å². The molecule has 6 heterocycles. The minimum absolute atomic E-state index is 0.406. The van der Waals surface area contributed by atoms with E-state index in [1.165, 1.54) is 0 Å². The molecule has 0 amide bonds. The molecule has 1 fully saturated rings. The Morgan fingerprint density at radius 3 is 1.25 bits per heavy atom. The second-order valence-corrected chi connectivity index (χ2v) is 30.6. The molecule has 292 valence electrons. The first-order valence-electron chi connectivity index (χ1n) is 20.3. The van der Waals surface area contributed by atoms with Crippen LogP contribution < -0.4 is 15.1 Å². The molecular weight excluding hydrogens is 725 g/mol. The summed E-state index contributed by atoms with van der Waals surface area (Å²) in [5, 5.41) is 1.94. The Balaban J connectivity index is 1.62. The summed E-state index contributed by atoms with van der Waals surface area (Å²) in [5.41, 5.74) is 1.93. The minimum atomic E-state index is -4.93. The van der Waals surface area contributed by atoms with Crippen LogP contribution in [-0.4, -0.2) is 73.2 Å². The maximum atomic E-state index is 15.4. The number of ether oxygens (including phenoxy) is 1. The van der Waals surface area contributed by atoms with E-state index in [4.69, 9.17) is 8.85 Å². The topological polar surface area (TPSA) is 48.0 Å². The van der Waals surface area contributed by atoms with Gasteiger partial charge in [0.2, 0.25) is 0 Å². The van der Waals surface area contributed by atoms with Crippen LogP contribution in [0.2, 0.25) is 0 Å². The number of nitrogens with zero attached hydrogens (tertiary/aromatic N) is 4. The van der Waals surface area contributed by atoms with Crippen molar-refractivity contribution in [3.05, 3.63) is 124 Å². The van der Waals surface area contributed by atoms with Crippen molar-refractivity contribution in [2.45, 2.75) is 125 Å². The van der Waals surface area contributed by atoms with Gasteiger partial charge in [0.05, 0.1) is 0 Å². The van der Waals surface area contributed by atoms with E-state index in [1.807, 2.05) is 0 Å². The normalized spacial score (nSPS) is 23.2. The van der Waals surface area contributed by atoms with Crippen LogP contribution in [0.25, 0.3) is 0 Å². The second-order valence-electron chi connectivity index (χ2n) is 21.2. The summed E-state index contributed by atoms with van der Waals surface area (Å²) >= 11 is 0. The average molecular weight is 783 g/mol. The quantitative estimate of drug-likeness (QED) is 0.153. The summed E-state index contributed by atoms with van der Waals surface area (Å²) in [7, 11) is -9.86. The van der Waals surface area contributed by atoms with Crippen LogP contribution in [0.1, 0.15) is 119 Å². The molecule has 6 aliphatic rings. The van der Waals surface area contributed by atoms with Crippen molar-refractivity contribution in [1.29, 1.82) is 0 Å². The molecule has 0 atom stereocenters. The van der Waals surface area contributed by atoms with Gasteiger partial charge in [-0.05, 0) is 0 Å². The molecule has 7 nitrogen and oxygen atoms in total.